The van der Waals surface area contributed by atoms with Crippen molar-refractivity contribution in [3.8, 4) is 0 Å². The van der Waals surface area contributed by atoms with Gasteiger partial charge in [0.05, 0.1) is 11.4 Å². The number of halogens is 4. The number of benzene rings is 1. The van der Waals surface area contributed by atoms with Crippen molar-refractivity contribution < 1.29 is 8.78 Å². The molecule has 2 rings (SSSR count). The normalized spacial score (nSPS) is 11.4. The zero-order valence-electron chi connectivity index (χ0n) is 18.5. The Morgan fingerprint density at radius 1 is 1.12 bits per heavy atom. The van der Waals surface area contributed by atoms with Crippen LogP contribution in [0.25, 0.3) is 5.57 Å². The van der Waals surface area contributed by atoms with Crippen LogP contribution in [0, 0.1) is 22.5 Å². The Morgan fingerprint density at radius 3 is 2.25 bits per heavy atom. The van der Waals surface area contributed by atoms with Gasteiger partial charge in [0.1, 0.15) is 16.3 Å². The lowest BCUT2D eigenvalue weighted by Crippen LogP contribution is -2.13. The summed E-state index contributed by atoms with van der Waals surface area (Å²) >= 11 is 5.33. The molecule has 0 bridgehead atoms. The minimum absolute atomic E-state index is 0.0141. The molecule has 1 heterocycles. The van der Waals surface area contributed by atoms with Gasteiger partial charge in [0.2, 0.25) is 0 Å². The van der Waals surface area contributed by atoms with E-state index >= 15 is 0 Å². The highest BCUT2D eigenvalue weighted by Gasteiger charge is 2.23. The number of rotatable bonds is 7. The number of aromatic nitrogens is 1. The second-order valence-corrected chi connectivity index (χ2v) is 6.41. The van der Waals surface area contributed by atoms with Crippen molar-refractivity contribution in [3.05, 3.63) is 108 Å². The van der Waals surface area contributed by atoms with Gasteiger partial charge in [-0.2, -0.15) is 0 Å². The highest BCUT2D eigenvalue weighted by Crippen LogP contribution is 2.30. The molecule has 0 unspecified atom stereocenters. The summed E-state index contributed by atoms with van der Waals surface area (Å²) in [7, 11) is 0. The molecule has 0 saturated heterocycles. The Morgan fingerprint density at radius 2 is 1.78 bits per heavy atom. The second kappa shape index (κ2) is 16.4. The molecule has 0 saturated carbocycles. The van der Waals surface area contributed by atoms with Crippen molar-refractivity contribution in [2.45, 2.75) is 20.8 Å². The van der Waals surface area contributed by atoms with Gasteiger partial charge in [-0.25, -0.2) is 8.78 Å². The summed E-state index contributed by atoms with van der Waals surface area (Å²) in [4.78, 5) is 6.25. The molecular formula is C25H27BrF2IN3. The van der Waals surface area contributed by atoms with Gasteiger partial charge in [0, 0.05) is 29.0 Å². The molecule has 0 aliphatic carbocycles. The molecule has 0 fully saturated rings. The van der Waals surface area contributed by atoms with E-state index in [4.69, 9.17) is 10.8 Å². The van der Waals surface area contributed by atoms with Crippen LogP contribution >= 0.6 is 38.5 Å². The summed E-state index contributed by atoms with van der Waals surface area (Å²) in [5, 5.41) is 16.9. The molecule has 170 valence electrons. The molecule has 2 N–H and O–H groups in total. The molecule has 3 nitrogen and oxygen atoms in total. The number of nitrogens with one attached hydrogen (secondary N) is 2. The lowest BCUT2D eigenvalue weighted by Gasteiger charge is -2.17. The van der Waals surface area contributed by atoms with Crippen LogP contribution in [-0.4, -0.2) is 20.2 Å². The number of alkyl halides is 1. The van der Waals surface area contributed by atoms with Crippen molar-refractivity contribution in [1.29, 1.82) is 10.8 Å². The third-order valence-corrected chi connectivity index (χ3v) is 4.25. The molecule has 2 aromatic rings. The van der Waals surface area contributed by atoms with Crippen LogP contribution in [0.4, 0.5) is 8.78 Å². The van der Waals surface area contributed by atoms with E-state index in [0.29, 0.717) is 16.8 Å². The standard InChI is InChI=1S/C22H18BrF2N3.C2H6.CH3I/c1-3-5-8-14(4-2)19(20(22(23)27)18-9-6-7-12-28-18)21(26)16-11-10-15(24)13-17(16)25;2*1-2/h3-13,26-27H,1H2,2H3;1-2H3;1H3/b8-5-,14-4+,20-19-,26-21?,27-22?;;. The zero-order valence-corrected chi connectivity index (χ0v) is 22.3. The molecule has 0 amide bonds. The van der Waals surface area contributed by atoms with Gasteiger partial charge >= 0.3 is 0 Å². The maximum Gasteiger partial charge on any atom is 0.135 e. The highest BCUT2D eigenvalue weighted by atomic mass is 127. The van der Waals surface area contributed by atoms with Gasteiger partial charge in [0.25, 0.3) is 0 Å². The smallest absolute Gasteiger partial charge is 0.135 e. The lowest BCUT2D eigenvalue weighted by molar-refractivity contribution is 0.581. The van der Waals surface area contributed by atoms with Crippen molar-refractivity contribution in [2.75, 3.05) is 4.93 Å². The number of nitrogens with zero attached hydrogens (tertiary/aromatic N) is 1. The van der Waals surface area contributed by atoms with E-state index in [1.54, 1.807) is 55.6 Å². The van der Waals surface area contributed by atoms with Crippen LogP contribution in [0.15, 0.2) is 84.6 Å². The van der Waals surface area contributed by atoms with E-state index in [9.17, 15) is 8.78 Å². The minimum atomic E-state index is -0.855. The fourth-order valence-corrected chi connectivity index (χ4v) is 3.00. The summed E-state index contributed by atoms with van der Waals surface area (Å²) in [6, 6.07) is 8.23. The van der Waals surface area contributed by atoms with Crippen LogP contribution in [0.1, 0.15) is 32.0 Å². The zero-order chi connectivity index (χ0) is 24.7. The van der Waals surface area contributed by atoms with Crippen LogP contribution in [0.5, 0.6) is 0 Å². The van der Waals surface area contributed by atoms with Gasteiger partial charge in [-0.3, -0.25) is 15.8 Å². The van der Waals surface area contributed by atoms with Crippen LogP contribution < -0.4 is 0 Å². The first-order valence-electron chi connectivity index (χ1n) is 9.68. The summed E-state index contributed by atoms with van der Waals surface area (Å²) in [5.74, 6) is -1.58. The maximum atomic E-state index is 14.4. The number of allylic oxidation sites excluding steroid dienone is 7. The van der Waals surface area contributed by atoms with Crippen LogP contribution in [0.2, 0.25) is 0 Å². The first-order valence-corrected chi connectivity index (χ1v) is 12.6. The van der Waals surface area contributed by atoms with Gasteiger partial charge in [-0.15, -0.1) is 0 Å². The van der Waals surface area contributed by atoms with Crippen molar-refractivity contribution in [1.82, 2.24) is 4.98 Å². The van der Waals surface area contributed by atoms with E-state index < -0.39 is 11.6 Å². The van der Waals surface area contributed by atoms with Crippen molar-refractivity contribution in [2.24, 2.45) is 0 Å². The third kappa shape index (κ3) is 8.35. The fourth-order valence-electron chi connectivity index (χ4n) is 2.60. The van der Waals surface area contributed by atoms with Gasteiger partial charge in [-0.05, 0) is 57.6 Å². The van der Waals surface area contributed by atoms with Gasteiger partial charge in [0.15, 0.2) is 0 Å². The van der Waals surface area contributed by atoms with E-state index in [2.05, 4.69) is 50.1 Å². The van der Waals surface area contributed by atoms with Crippen molar-refractivity contribution in [3.63, 3.8) is 0 Å². The van der Waals surface area contributed by atoms with Gasteiger partial charge in [-0.1, -0.05) is 73.4 Å². The Kier molecular flexibility index (Phi) is 15.2. The topological polar surface area (TPSA) is 60.6 Å². The molecule has 0 radical (unpaired) electrons. The lowest BCUT2D eigenvalue weighted by atomic mass is 9.89. The number of hydrogen-bond acceptors (Lipinski definition) is 3. The van der Waals surface area contributed by atoms with E-state index in [1.165, 1.54) is 6.07 Å². The van der Waals surface area contributed by atoms with Crippen LogP contribution in [0.3, 0.4) is 0 Å². The van der Waals surface area contributed by atoms with Crippen molar-refractivity contribution >= 4 is 54.4 Å². The first-order chi connectivity index (χ1) is 15.4. The predicted octanol–water partition coefficient (Wildman–Crippen LogP) is 8.32. The predicted molar refractivity (Wildman–Crippen MR) is 145 cm³/mol. The molecule has 0 atom stereocenters. The number of hydrogen-bond donors (Lipinski definition) is 2. The molecule has 0 aliphatic rings. The van der Waals surface area contributed by atoms with E-state index in [-0.39, 0.29) is 21.5 Å². The Hall–Kier alpha value is -2.26. The second-order valence-electron chi connectivity index (χ2n) is 5.62. The van der Waals surface area contributed by atoms with E-state index in [0.717, 1.165) is 12.1 Å². The SMILES string of the molecule is C=C\C=C/C(=C\C)C(/C(=N)c1ccc(F)cc1F)=C(/C(=N)Br)c1ccccn1.CC.CI. The maximum absolute atomic E-state index is 14.4. The monoisotopic (exact) mass is 613 g/mol. The summed E-state index contributed by atoms with van der Waals surface area (Å²) < 4.78 is 27.7. The molecule has 1 aromatic carbocycles. The molecular weight excluding hydrogens is 587 g/mol. The molecule has 0 spiro atoms. The fraction of sp³-hybridized carbons (Fsp3) is 0.160. The molecule has 0 aliphatic heterocycles. The van der Waals surface area contributed by atoms with E-state index in [1.807, 2.05) is 18.8 Å². The minimum Gasteiger partial charge on any atom is -0.299 e. The highest BCUT2D eigenvalue weighted by molar-refractivity contribution is 14.1. The summed E-state index contributed by atoms with van der Waals surface area (Å²) in [6.07, 6.45) is 8.27. The third-order valence-electron chi connectivity index (χ3n) is 3.85. The number of pyridine rings is 1. The molecule has 1 aromatic heterocycles. The molecule has 7 heteroatoms. The average molecular weight is 614 g/mol. The summed E-state index contributed by atoms with van der Waals surface area (Å²) in [5.41, 5.74) is 1.34. The summed E-state index contributed by atoms with van der Waals surface area (Å²) in [6.45, 7) is 9.41. The molecule has 32 heavy (non-hydrogen) atoms. The largest absolute Gasteiger partial charge is 0.299 e. The van der Waals surface area contributed by atoms with Gasteiger partial charge < -0.3 is 0 Å². The Bertz CT molecular complexity index is 1010. The van der Waals surface area contributed by atoms with Crippen LogP contribution in [-0.2, 0) is 0 Å². The first kappa shape index (κ1) is 29.7. The quantitative estimate of drug-likeness (QED) is 0.140. The average Bonchev–Trinajstić information content (AvgIpc) is 2.81. The Labute approximate surface area is 211 Å². The Balaban J connectivity index is 0.00000227.